The van der Waals surface area contributed by atoms with E-state index in [1.54, 1.807) is 10.9 Å². The smallest absolute Gasteiger partial charge is 0.177 e. The number of aromatic amines is 1. The molecule has 1 atom stereocenters. The highest BCUT2D eigenvalue weighted by atomic mass is 16.5. The Balaban J connectivity index is 1.74. The predicted molar refractivity (Wildman–Crippen MR) is 107 cm³/mol. The minimum absolute atomic E-state index is 0.254. The predicted octanol–water partition coefficient (Wildman–Crippen LogP) is 2.74. The van der Waals surface area contributed by atoms with Gasteiger partial charge in [0.25, 0.3) is 0 Å². The molecule has 1 N–H and O–H groups in total. The summed E-state index contributed by atoms with van der Waals surface area (Å²) in [6.45, 7) is 6.34. The second-order valence-corrected chi connectivity index (χ2v) is 7.06. The van der Waals surface area contributed by atoms with Gasteiger partial charge < -0.3 is 9.64 Å². The Hall–Kier alpha value is -3.26. The molecule has 5 rings (SSSR count). The van der Waals surface area contributed by atoms with Crippen LogP contribution in [0.5, 0.6) is 0 Å². The van der Waals surface area contributed by atoms with Gasteiger partial charge in [-0.2, -0.15) is 14.9 Å². The van der Waals surface area contributed by atoms with Crippen LogP contribution in [0.3, 0.4) is 0 Å². The molecule has 4 aromatic heterocycles. The number of rotatable bonds is 3. The molecule has 0 aliphatic carbocycles. The molecule has 28 heavy (non-hydrogen) atoms. The molecule has 1 aliphatic rings. The first kappa shape index (κ1) is 16.9. The van der Waals surface area contributed by atoms with Gasteiger partial charge in [0.05, 0.1) is 25.5 Å². The number of anilines is 1. The van der Waals surface area contributed by atoms with E-state index in [4.69, 9.17) is 9.72 Å². The Morgan fingerprint density at radius 1 is 1.18 bits per heavy atom. The van der Waals surface area contributed by atoms with Crippen molar-refractivity contribution in [1.82, 2.24) is 29.9 Å². The second kappa shape index (κ2) is 6.72. The number of aromatic nitrogens is 6. The quantitative estimate of drug-likeness (QED) is 0.593. The van der Waals surface area contributed by atoms with Crippen LogP contribution in [0.25, 0.3) is 28.0 Å². The van der Waals surface area contributed by atoms with Crippen molar-refractivity contribution >= 4 is 16.9 Å². The number of nitrogens with one attached hydrogen (secondary N) is 1. The van der Waals surface area contributed by atoms with Gasteiger partial charge in [0, 0.05) is 41.6 Å². The normalized spacial score (nSPS) is 17.4. The largest absolute Gasteiger partial charge is 0.377 e. The first-order valence-corrected chi connectivity index (χ1v) is 9.37. The number of pyridine rings is 2. The van der Waals surface area contributed by atoms with Gasteiger partial charge in [0.2, 0.25) is 0 Å². The van der Waals surface area contributed by atoms with E-state index in [1.807, 2.05) is 31.5 Å². The number of nitrogens with zero attached hydrogens (tertiary/aromatic N) is 6. The van der Waals surface area contributed by atoms with Crippen molar-refractivity contribution in [2.24, 2.45) is 0 Å². The van der Waals surface area contributed by atoms with E-state index in [0.717, 1.165) is 40.2 Å². The topological polar surface area (TPSA) is 84.8 Å². The van der Waals surface area contributed by atoms with Crippen molar-refractivity contribution in [3.63, 3.8) is 0 Å². The third-order valence-electron chi connectivity index (χ3n) is 5.12. The maximum atomic E-state index is 5.61. The van der Waals surface area contributed by atoms with E-state index in [9.17, 15) is 0 Å². The lowest BCUT2D eigenvalue weighted by molar-refractivity contribution is 0.0986. The zero-order valence-electron chi connectivity index (χ0n) is 15.8. The van der Waals surface area contributed by atoms with Crippen molar-refractivity contribution in [3.05, 3.63) is 48.5 Å². The van der Waals surface area contributed by atoms with E-state index in [0.29, 0.717) is 19.0 Å². The van der Waals surface area contributed by atoms with Crippen LogP contribution in [-0.2, 0) is 4.74 Å². The number of aryl methyl sites for hydroxylation is 1. The summed E-state index contributed by atoms with van der Waals surface area (Å²) >= 11 is 0. The molecule has 1 saturated heterocycles. The molecule has 4 aromatic rings. The highest BCUT2D eigenvalue weighted by molar-refractivity contribution is 5.94. The third-order valence-corrected chi connectivity index (χ3v) is 5.12. The van der Waals surface area contributed by atoms with Gasteiger partial charge in [-0.05, 0) is 31.5 Å². The monoisotopic (exact) mass is 375 g/mol. The lowest BCUT2D eigenvalue weighted by Gasteiger charge is -2.34. The van der Waals surface area contributed by atoms with Crippen LogP contribution in [0.2, 0.25) is 0 Å². The Bertz CT molecular complexity index is 1100. The van der Waals surface area contributed by atoms with Crippen molar-refractivity contribution in [3.8, 4) is 16.9 Å². The van der Waals surface area contributed by atoms with Gasteiger partial charge in [-0.3, -0.25) is 10.1 Å². The lowest BCUT2D eigenvalue weighted by atomic mass is 10.0. The van der Waals surface area contributed by atoms with Crippen LogP contribution in [0.4, 0.5) is 5.82 Å². The molecule has 8 heteroatoms. The van der Waals surface area contributed by atoms with Crippen LogP contribution >= 0.6 is 0 Å². The Labute approximate surface area is 162 Å². The molecule has 0 saturated carbocycles. The van der Waals surface area contributed by atoms with Crippen molar-refractivity contribution in [1.29, 1.82) is 0 Å². The fraction of sp³-hybridized carbons (Fsp3) is 0.300. The SMILES string of the molecule is Cc1ccc(-c2cc(N3CCOC[C@H]3C)nc3c2cnn3-c2cc[nH]n2)cn1. The van der Waals surface area contributed by atoms with Crippen LogP contribution < -0.4 is 4.90 Å². The summed E-state index contributed by atoms with van der Waals surface area (Å²) in [5, 5.41) is 12.6. The van der Waals surface area contributed by atoms with Crippen LogP contribution in [0.15, 0.2) is 42.9 Å². The maximum Gasteiger partial charge on any atom is 0.177 e. The van der Waals surface area contributed by atoms with Crippen LogP contribution in [-0.4, -0.2) is 55.7 Å². The molecule has 1 fully saturated rings. The van der Waals surface area contributed by atoms with Gasteiger partial charge in [-0.15, -0.1) is 0 Å². The molecular weight excluding hydrogens is 354 g/mol. The number of morpholine rings is 1. The van der Waals surface area contributed by atoms with Gasteiger partial charge in [0.15, 0.2) is 11.5 Å². The molecular formula is C20H21N7O. The van der Waals surface area contributed by atoms with E-state index >= 15 is 0 Å². The number of hydrogen-bond donors (Lipinski definition) is 1. The van der Waals surface area contributed by atoms with Crippen molar-refractivity contribution in [2.75, 3.05) is 24.7 Å². The zero-order valence-corrected chi connectivity index (χ0v) is 15.8. The average molecular weight is 375 g/mol. The van der Waals surface area contributed by atoms with Crippen molar-refractivity contribution in [2.45, 2.75) is 19.9 Å². The molecule has 1 aliphatic heterocycles. The number of H-pyrrole nitrogens is 1. The highest BCUT2D eigenvalue weighted by Crippen LogP contribution is 2.33. The molecule has 0 spiro atoms. The second-order valence-electron chi connectivity index (χ2n) is 7.06. The van der Waals surface area contributed by atoms with E-state index in [2.05, 4.69) is 44.2 Å². The van der Waals surface area contributed by atoms with Gasteiger partial charge in [0.1, 0.15) is 5.82 Å². The van der Waals surface area contributed by atoms with E-state index < -0.39 is 0 Å². The number of hydrogen-bond acceptors (Lipinski definition) is 6. The third kappa shape index (κ3) is 2.82. The van der Waals surface area contributed by atoms with E-state index in [1.165, 1.54) is 0 Å². The minimum atomic E-state index is 0.254. The molecule has 0 radical (unpaired) electrons. The molecule has 0 amide bonds. The summed E-state index contributed by atoms with van der Waals surface area (Å²) in [7, 11) is 0. The molecule has 5 heterocycles. The number of fused-ring (bicyclic) bond motifs is 1. The summed E-state index contributed by atoms with van der Waals surface area (Å²) in [6, 6.07) is 8.38. The maximum absolute atomic E-state index is 5.61. The first-order chi connectivity index (χ1) is 13.7. The minimum Gasteiger partial charge on any atom is -0.377 e. The summed E-state index contributed by atoms with van der Waals surface area (Å²) in [4.78, 5) is 11.7. The fourth-order valence-electron chi connectivity index (χ4n) is 3.61. The van der Waals surface area contributed by atoms with Crippen molar-refractivity contribution < 1.29 is 4.74 Å². The standard InChI is InChI=1S/C20H21N7O/c1-13-3-4-15(10-21-13)16-9-19(26-7-8-28-12-14(26)2)24-20-17(16)11-23-27(20)18-5-6-22-25-18/h3-6,9-11,14H,7-8,12H2,1-2H3,(H,22,25)/t14-/m1/s1. The number of ether oxygens (including phenoxy) is 1. The molecule has 0 bridgehead atoms. The van der Waals surface area contributed by atoms with Gasteiger partial charge in [-0.25, -0.2) is 4.98 Å². The average Bonchev–Trinajstić information content (AvgIpc) is 3.38. The zero-order chi connectivity index (χ0) is 19.1. The fourth-order valence-corrected chi connectivity index (χ4v) is 3.61. The molecule has 0 unspecified atom stereocenters. The lowest BCUT2D eigenvalue weighted by Crippen LogP contribution is -2.44. The molecule has 0 aromatic carbocycles. The van der Waals surface area contributed by atoms with Gasteiger partial charge >= 0.3 is 0 Å². The summed E-state index contributed by atoms with van der Waals surface area (Å²) in [5.74, 6) is 1.62. The van der Waals surface area contributed by atoms with Gasteiger partial charge in [-0.1, -0.05) is 6.07 Å². The Morgan fingerprint density at radius 3 is 2.86 bits per heavy atom. The molecule has 142 valence electrons. The summed E-state index contributed by atoms with van der Waals surface area (Å²) in [6.07, 6.45) is 5.53. The molecule has 8 nitrogen and oxygen atoms in total. The Morgan fingerprint density at radius 2 is 2.11 bits per heavy atom. The van der Waals surface area contributed by atoms with E-state index in [-0.39, 0.29) is 6.04 Å². The summed E-state index contributed by atoms with van der Waals surface area (Å²) in [5.41, 5.74) is 3.87. The highest BCUT2D eigenvalue weighted by Gasteiger charge is 2.23. The van der Waals surface area contributed by atoms with Crippen LogP contribution in [0.1, 0.15) is 12.6 Å². The Kier molecular flexibility index (Phi) is 4.05. The van der Waals surface area contributed by atoms with Crippen LogP contribution in [0, 0.1) is 6.92 Å². The first-order valence-electron chi connectivity index (χ1n) is 9.37. The summed E-state index contributed by atoms with van der Waals surface area (Å²) < 4.78 is 7.37.